The molecule has 0 saturated carbocycles. The SMILES string of the molecule is COc1nc(N2CC3[C@@](c4ccccc4)(C2)N=C(N)N(C)S3(=O)=O)nc(C)c1F.COc1nc(N2CC3[C@@](c4ccccc4)(C2)N=C(NC(=O)OC(C)(C)C)N(C)S3(=O)=O)nc(C)c1F. The van der Waals surface area contributed by atoms with Gasteiger partial charge in [-0.05, 0) is 45.7 Å². The number of aromatic nitrogens is 4. The molecular formula is C41H50F2N12O8S2. The molecule has 6 heterocycles. The molecule has 2 unspecified atom stereocenters. The van der Waals surface area contributed by atoms with Gasteiger partial charge in [0.05, 0.1) is 38.7 Å². The van der Waals surface area contributed by atoms with E-state index in [4.69, 9.17) is 24.9 Å². The average molecular weight is 941 g/mol. The van der Waals surface area contributed by atoms with Crippen LogP contribution in [0.5, 0.6) is 11.8 Å². The molecule has 2 fully saturated rings. The third-order valence-corrected chi connectivity index (χ3v) is 15.9. The third-order valence-electron chi connectivity index (χ3n) is 11.5. The van der Waals surface area contributed by atoms with E-state index in [0.717, 1.165) is 14.2 Å². The van der Waals surface area contributed by atoms with Crippen molar-refractivity contribution in [3.63, 3.8) is 0 Å². The maximum Gasteiger partial charge on any atom is 0.414 e. The lowest BCUT2D eigenvalue weighted by Crippen LogP contribution is -2.59. The zero-order chi connectivity index (χ0) is 47.4. The molecule has 4 atom stereocenters. The van der Waals surface area contributed by atoms with Crippen LogP contribution in [0.1, 0.15) is 43.3 Å². The average Bonchev–Trinajstić information content (AvgIpc) is 3.86. The minimum atomic E-state index is -4.03. The van der Waals surface area contributed by atoms with Crippen LogP contribution in [0.3, 0.4) is 0 Å². The second kappa shape index (κ2) is 16.8. The molecule has 24 heteroatoms. The molecule has 3 N–H and O–H groups in total. The van der Waals surface area contributed by atoms with Crippen LogP contribution in [-0.2, 0) is 35.9 Å². The summed E-state index contributed by atoms with van der Waals surface area (Å²) in [7, 11) is -2.51. The van der Waals surface area contributed by atoms with Crippen LogP contribution in [0.4, 0.5) is 25.5 Å². The Hall–Kier alpha value is -6.43. The first-order valence-electron chi connectivity index (χ1n) is 20.2. The molecular weight excluding hydrogens is 891 g/mol. The number of nitrogens with two attached hydrogens (primary N) is 1. The van der Waals surface area contributed by atoms with Crippen LogP contribution in [0.2, 0.25) is 0 Å². The summed E-state index contributed by atoms with van der Waals surface area (Å²) < 4.78 is 99.7. The van der Waals surface area contributed by atoms with Crippen LogP contribution >= 0.6 is 0 Å². The van der Waals surface area contributed by atoms with Crippen LogP contribution < -0.4 is 30.3 Å². The highest BCUT2D eigenvalue weighted by Crippen LogP contribution is 2.46. The highest BCUT2D eigenvalue weighted by Gasteiger charge is 2.61. The first-order chi connectivity index (χ1) is 30.5. The Kier molecular flexibility index (Phi) is 12.1. The van der Waals surface area contributed by atoms with Gasteiger partial charge in [0.2, 0.25) is 55.5 Å². The molecule has 8 rings (SSSR count). The number of aliphatic imine (C=N–C) groups is 2. The van der Waals surface area contributed by atoms with Gasteiger partial charge in [-0.3, -0.25) is 5.32 Å². The number of anilines is 2. The molecule has 1 amide bonds. The molecule has 2 aromatic heterocycles. The number of hydrogen-bond donors (Lipinski definition) is 2. The van der Waals surface area contributed by atoms with Crippen molar-refractivity contribution in [3.05, 3.63) is 94.8 Å². The Morgan fingerprint density at radius 1 is 0.723 bits per heavy atom. The van der Waals surface area contributed by atoms with Crippen molar-refractivity contribution in [1.29, 1.82) is 0 Å². The van der Waals surface area contributed by atoms with E-state index in [-0.39, 0.29) is 73.1 Å². The van der Waals surface area contributed by atoms with E-state index in [9.17, 15) is 30.4 Å². The summed E-state index contributed by atoms with van der Waals surface area (Å²) in [5, 5.41) is 0.546. The lowest BCUT2D eigenvalue weighted by atomic mass is 9.89. The number of sulfonamides is 2. The van der Waals surface area contributed by atoms with Gasteiger partial charge >= 0.3 is 6.09 Å². The number of carbonyl (C=O) groups excluding carboxylic acids is 1. The van der Waals surface area contributed by atoms with Crippen LogP contribution in [-0.4, -0.2) is 134 Å². The minimum Gasteiger partial charge on any atom is -0.479 e. The van der Waals surface area contributed by atoms with Crippen molar-refractivity contribution in [3.8, 4) is 11.8 Å². The number of rotatable bonds is 6. The van der Waals surface area contributed by atoms with Gasteiger partial charge in [0, 0.05) is 27.2 Å². The van der Waals surface area contributed by atoms with Gasteiger partial charge in [0.1, 0.15) is 27.2 Å². The number of fused-ring (bicyclic) bond motifs is 2. The van der Waals surface area contributed by atoms with E-state index < -0.39 is 65.0 Å². The number of hydrogen-bond acceptors (Lipinski definition) is 17. The minimum absolute atomic E-state index is 0.0149. The lowest BCUT2D eigenvalue weighted by Gasteiger charge is -2.39. The van der Waals surface area contributed by atoms with Crippen molar-refractivity contribution in [1.82, 2.24) is 33.9 Å². The number of aryl methyl sites for hydroxylation is 2. The summed E-state index contributed by atoms with van der Waals surface area (Å²) in [6.07, 6.45) is -0.831. The highest BCUT2D eigenvalue weighted by molar-refractivity contribution is 7.90. The number of halogens is 2. The predicted octanol–water partition coefficient (Wildman–Crippen LogP) is 2.78. The molecule has 65 heavy (non-hydrogen) atoms. The number of nitrogens with one attached hydrogen (secondary N) is 1. The van der Waals surface area contributed by atoms with E-state index >= 15 is 0 Å². The summed E-state index contributed by atoms with van der Waals surface area (Å²) in [6, 6.07) is 18.1. The Morgan fingerprint density at radius 2 is 1.14 bits per heavy atom. The normalized spacial score (nSPS) is 24.2. The molecule has 0 radical (unpaired) electrons. The maximum absolute atomic E-state index is 14.3. The van der Waals surface area contributed by atoms with Crippen molar-refractivity contribution in [2.75, 3.05) is 64.3 Å². The molecule has 2 aromatic carbocycles. The summed E-state index contributed by atoms with van der Waals surface area (Å²) in [6.45, 7) is 8.36. The molecule has 0 aliphatic carbocycles. The number of ether oxygens (including phenoxy) is 3. The van der Waals surface area contributed by atoms with Crippen molar-refractivity contribution in [2.45, 2.75) is 61.8 Å². The first-order valence-corrected chi connectivity index (χ1v) is 23.2. The van der Waals surface area contributed by atoms with E-state index in [1.165, 1.54) is 42.2 Å². The summed E-state index contributed by atoms with van der Waals surface area (Å²) in [5.74, 6) is -1.73. The fraction of sp³-hybridized carbons (Fsp3) is 0.439. The van der Waals surface area contributed by atoms with Gasteiger partial charge in [-0.25, -0.2) is 50.2 Å². The zero-order valence-electron chi connectivity index (χ0n) is 37.1. The van der Waals surface area contributed by atoms with E-state index in [0.29, 0.717) is 5.56 Å². The largest absolute Gasteiger partial charge is 0.479 e. The maximum atomic E-state index is 14.3. The Labute approximate surface area is 375 Å². The molecule has 0 bridgehead atoms. The second-order valence-corrected chi connectivity index (χ2v) is 21.0. The number of carbonyl (C=O) groups is 1. The predicted molar refractivity (Wildman–Crippen MR) is 237 cm³/mol. The van der Waals surface area contributed by atoms with Crippen LogP contribution in [0.25, 0.3) is 0 Å². The number of alkyl carbamates (subject to hydrolysis) is 1. The topological polar surface area (TPSA) is 240 Å². The zero-order valence-corrected chi connectivity index (χ0v) is 38.8. The van der Waals surface area contributed by atoms with Crippen molar-refractivity contribution in [2.24, 2.45) is 15.7 Å². The Bertz CT molecular complexity index is 2790. The van der Waals surface area contributed by atoms with Gasteiger partial charge in [0.15, 0.2) is 0 Å². The smallest absolute Gasteiger partial charge is 0.414 e. The molecule has 20 nitrogen and oxygen atoms in total. The fourth-order valence-corrected chi connectivity index (χ4v) is 11.9. The molecule has 4 aliphatic rings. The molecule has 0 spiro atoms. The molecule has 2 saturated heterocycles. The van der Waals surface area contributed by atoms with Gasteiger partial charge < -0.3 is 29.7 Å². The number of benzene rings is 2. The van der Waals surface area contributed by atoms with Gasteiger partial charge in [-0.15, -0.1) is 0 Å². The molecule has 4 aliphatic heterocycles. The first kappa shape index (κ1) is 46.6. The number of nitrogens with zero attached hydrogens (tertiary/aromatic N) is 10. The molecule has 348 valence electrons. The Morgan fingerprint density at radius 3 is 1.55 bits per heavy atom. The van der Waals surface area contributed by atoms with Gasteiger partial charge in [0.25, 0.3) is 11.8 Å². The van der Waals surface area contributed by atoms with E-state index in [2.05, 4.69) is 30.2 Å². The van der Waals surface area contributed by atoms with E-state index in [1.807, 2.05) is 36.4 Å². The van der Waals surface area contributed by atoms with Crippen LogP contribution in [0.15, 0.2) is 70.6 Å². The Balaban J connectivity index is 0.000000198. The highest BCUT2D eigenvalue weighted by atomic mass is 32.2. The van der Waals surface area contributed by atoms with Crippen molar-refractivity contribution < 1.29 is 44.6 Å². The van der Waals surface area contributed by atoms with Gasteiger partial charge in [-0.2, -0.15) is 18.7 Å². The number of methoxy groups -OCH3 is 2. The van der Waals surface area contributed by atoms with Crippen molar-refractivity contribution >= 4 is 50.0 Å². The fourth-order valence-electron chi connectivity index (χ4n) is 8.21. The third kappa shape index (κ3) is 8.28. The number of guanidine groups is 2. The summed E-state index contributed by atoms with van der Waals surface area (Å²) in [5.41, 5.74) is 4.27. The van der Waals surface area contributed by atoms with Crippen LogP contribution in [0, 0.1) is 25.5 Å². The number of amides is 1. The lowest BCUT2D eigenvalue weighted by molar-refractivity contribution is 0.0558. The quantitative estimate of drug-likeness (QED) is 0.283. The summed E-state index contributed by atoms with van der Waals surface area (Å²) >= 11 is 0. The summed E-state index contributed by atoms with van der Waals surface area (Å²) in [4.78, 5) is 42.0. The van der Waals surface area contributed by atoms with Gasteiger partial charge in [-0.1, -0.05) is 60.7 Å². The monoisotopic (exact) mass is 940 g/mol. The second-order valence-electron chi connectivity index (χ2n) is 16.7. The van der Waals surface area contributed by atoms with E-state index in [1.54, 1.807) is 54.8 Å². The molecule has 4 aromatic rings. The standard InChI is InChI=1S/C23H29FN6O5S.C18H21FN6O3S/c1-14-17(24)18(34-6)26-19(25-14)30-12-16-23(13-30,15-10-8-7-9-11-15)28-20(29(5)36(16,32)33)27-21(31)35-22(2,3)4;1-11-14(19)15(28-3)22-17(21-11)25-9-13-18(10-25,12-7-5-4-6-8-12)23-16(20)24(2)29(13,26)27/h7-11,16H,12-13H2,1-6H3,(H,27,28,31);4-8,13H,9-10H2,1-3H3,(H2,20,23)/t16?,23-;13?,18-/m00/s1.